The van der Waals surface area contributed by atoms with E-state index >= 15 is 0 Å². The van der Waals surface area contributed by atoms with Gasteiger partial charge in [-0.1, -0.05) is 6.92 Å². The second kappa shape index (κ2) is 7.09. The SMILES string of the molecule is CC[C@H](NC(=O)CCNC(=O)c1ccco1)C12CC3CC(CC(C3)C1)C2. The summed E-state index contributed by atoms with van der Waals surface area (Å²) in [7, 11) is 0. The number of amides is 2. The summed E-state index contributed by atoms with van der Waals surface area (Å²) in [6.45, 7) is 2.53. The summed E-state index contributed by atoms with van der Waals surface area (Å²) in [5, 5.41) is 6.07. The van der Waals surface area contributed by atoms with E-state index in [1.807, 2.05) is 0 Å². The molecule has 2 amide bonds. The minimum absolute atomic E-state index is 0.0485. The molecule has 0 aliphatic heterocycles. The van der Waals surface area contributed by atoms with Crippen LogP contribution in [-0.4, -0.2) is 24.4 Å². The molecule has 1 aromatic heterocycles. The molecule has 0 aromatic carbocycles. The number of carbonyl (C=O) groups excluding carboxylic acids is 2. The highest BCUT2D eigenvalue weighted by molar-refractivity contribution is 5.91. The Bertz CT molecular complexity index is 617. The van der Waals surface area contributed by atoms with Gasteiger partial charge in [0.15, 0.2) is 5.76 Å². The third-order valence-corrected chi connectivity index (χ3v) is 6.95. The average Bonchev–Trinajstić information content (AvgIpc) is 3.13. The maximum atomic E-state index is 12.5. The fourth-order valence-electron chi connectivity index (χ4n) is 6.34. The van der Waals surface area contributed by atoms with E-state index in [-0.39, 0.29) is 23.6 Å². The third kappa shape index (κ3) is 3.40. The van der Waals surface area contributed by atoms with Gasteiger partial charge < -0.3 is 15.1 Å². The summed E-state index contributed by atoms with van der Waals surface area (Å²) in [6.07, 6.45) is 10.9. The van der Waals surface area contributed by atoms with Gasteiger partial charge in [0.1, 0.15) is 0 Å². The molecule has 0 spiro atoms. The topological polar surface area (TPSA) is 71.3 Å². The lowest BCUT2D eigenvalue weighted by Gasteiger charge is -2.59. The fraction of sp³-hybridized carbons (Fsp3) is 0.714. The van der Waals surface area contributed by atoms with Crippen LogP contribution in [0.1, 0.15) is 68.8 Å². The van der Waals surface area contributed by atoms with Crippen molar-refractivity contribution in [3.63, 3.8) is 0 Å². The predicted octanol–water partition coefficient (Wildman–Crippen LogP) is 3.51. The van der Waals surface area contributed by atoms with Crippen molar-refractivity contribution in [2.45, 2.75) is 64.3 Å². The molecule has 5 heteroatoms. The maximum Gasteiger partial charge on any atom is 0.286 e. The molecule has 0 unspecified atom stereocenters. The first kappa shape index (κ1) is 17.6. The molecular weight excluding hydrogens is 328 g/mol. The molecule has 26 heavy (non-hydrogen) atoms. The molecule has 1 aromatic rings. The lowest BCUT2D eigenvalue weighted by Crippen LogP contribution is -2.56. The monoisotopic (exact) mass is 358 g/mol. The average molecular weight is 358 g/mol. The van der Waals surface area contributed by atoms with Crippen molar-refractivity contribution in [1.82, 2.24) is 10.6 Å². The van der Waals surface area contributed by atoms with Crippen molar-refractivity contribution in [1.29, 1.82) is 0 Å². The van der Waals surface area contributed by atoms with Gasteiger partial charge in [-0.3, -0.25) is 9.59 Å². The van der Waals surface area contributed by atoms with E-state index in [0.29, 0.717) is 18.4 Å². The number of nitrogens with one attached hydrogen (secondary N) is 2. The van der Waals surface area contributed by atoms with Crippen molar-refractivity contribution in [2.24, 2.45) is 23.2 Å². The van der Waals surface area contributed by atoms with Gasteiger partial charge in [0.2, 0.25) is 5.91 Å². The molecule has 142 valence electrons. The molecule has 4 bridgehead atoms. The highest BCUT2D eigenvalue weighted by Crippen LogP contribution is 2.61. The van der Waals surface area contributed by atoms with Gasteiger partial charge in [0.25, 0.3) is 5.91 Å². The van der Waals surface area contributed by atoms with Crippen LogP contribution in [0.3, 0.4) is 0 Å². The van der Waals surface area contributed by atoms with E-state index in [0.717, 1.165) is 24.2 Å². The van der Waals surface area contributed by atoms with Crippen molar-refractivity contribution in [3.8, 4) is 0 Å². The first-order chi connectivity index (χ1) is 12.6. The second-order valence-corrected chi connectivity index (χ2v) is 8.79. The minimum atomic E-state index is -0.268. The number of furan rings is 1. The van der Waals surface area contributed by atoms with Gasteiger partial charge in [-0.05, 0) is 80.2 Å². The Morgan fingerprint density at radius 3 is 2.38 bits per heavy atom. The molecule has 4 aliphatic carbocycles. The number of hydrogen-bond acceptors (Lipinski definition) is 3. The molecule has 1 heterocycles. The summed E-state index contributed by atoms with van der Waals surface area (Å²) in [6, 6.07) is 3.58. The molecule has 0 radical (unpaired) electrons. The zero-order valence-electron chi connectivity index (χ0n) is 15.6. The Kier molecular flexibility index (Phi) is 4.80. The van der Waals surface area contributed by atoms with E-state index in [1.54, 1.807) is 12.1 Å². The van der Waals surface area contributed by atoms with Crippen molar-refractivity contribution < 1.29 is 14.0 Å². The van der Waals surface area contributed by atoms with Crippen LogP contribution in [0.25, 0.3) is 0 Å². The zero-order valence-corrected chi connectivity index (χ0v) is 15.6. The highest BCUT2D eigenvalue weighted by atomic mass is 16.3. The largest absolute Gasteiger partial charge is 0.459 e. The van der Waals surface area contributed by atoms with Crippen LogP contribution >= 0.6 is 0 Å². The van der Waals surface area contributed by atoms with Gasteiger partial charge in [-0.25, -0.2) is 0 Å². The molecule has 0 saturated heterocycles. The summed E-state index contributed by atoms with van der Waals surface area (Å²) >= 11 is 0. The van der Waals surface area contributed by atoms with Crippen LogP contribution in [0.5, 0.6) is 0 Å². The van der Waals surface area contributed by atoms with Crippen LogP contribution in [0.4, 0.5) is 0 Å². The molecule has 1 atom stereocenters. The summed E-state index contributed by atoms with van der Waals surface area (Å²) in [4.78, 5) is 24.3. The standard InChI is InChI=1S/C21H30N2O3/c1-2-18(21-11-14-8-15(12-21)10-16(9-14)13-21)23-19(24)5-6-22-20(25)17-4-3-7-26-17/h3-4,7,14-16,18H,2,5-6,8-13H2,1H3,(H,22,25)(H,23,24)/t14?,15?,16?,18-,21?/m0/s1. The zero-order chi connectivity index (χ0) is 18.1. The summed E-state index contributed by atoms with van der Waals surface area (Å²) < 4.78 is 5.06. The molecular formula is C21H30N2O3. The predicted molar refractivity (Wildman–Crippen MR) is 98.5 cm³/mol. The minimum Gasteiger partial charge on any atom is -0.459 e. The van der Waals surface area contributed by atoms with Crippen molar-refractivity contribution >= 4 is 11.8 Å². The smallest absolute Gasteiger partial charge is 0.286 e. The van der Waals surface area contributed by atoms with E-state index in [4.69, 9.17) is 4.42 Å². The van der Waals surface area contributed by atoms with Gasteiger partial charge >= 0.3 is 0 Å². The van der Waals surface area contributed by atoms with E-state index < -0.39 is 0 Å². The number of carbonyl (C=O) groups is 2. The Morgan fingerprint density at radius 2 is 1.85 bits per heavy atom. The normalized spacial score (nSPS) is 33.0. The second-order valence-electron chi connectivity index (χ2n) is 8.79. The van der Waals surface area contributed by atoms with E-state index in [2.05, 4.69) is 17.6 Å². The van der Waals surface area contributed by atoms with Crippen LogP contribution in [0, 0.1) is 23.2 Å². The summed E-state index contributed by atoms with van der Waals surface area (Å²) in [5.74, 6) is 2.73. The molecule has 5 nitrogen and oxygen atoms in total. The summed E-state index contributed by atoms with van der Waals surface area (Å²) in [5.41, 5.74) is 0.330. The van der Waals surface area contributed by atoms with Gasteiger partial charge in [0, 0.05) is 19.0 Å². The molecule has 2 N–H and O–H groups in total. The van der Waals surface area contributed by atoms with Crippen molar-refractivity contribution in [2.75, 3.05) is 6.54 Å². The first-order valence-electron chi connectivity index (χ1n) is 10.2. The van der Waals surface area contributed by atoms with Gasteiger partial charge in [-0.15, -0.1) is 0 Å². The Balaban J connectivity index is 1.29. The lowest BCUT2D eigenvalue weighted by atomic mass is 9.47. The maximum absolute atomic E-state index is 12.5. The van der Waals surface area contributed by atoms with Crippen LogP contribution in [0.2, 0.25) is 0 Å². The number of hydrogen-bond donors (Lipinski definition) is 2. The van der Waals surface area contributed by atoms with Crippen LogP contribution < -0.4 is 10.6 Å². The van der Waals surface area contributed by atoms with E-state index in [9.17, 15) is 9.59 Å². The third-order valence-electron chi connectivity index (χ3n) is 6.95. The number of rotatable bonds is 7. The Morgan fingerprint density at radius 1 is 1.19 bits per heavy atom. The van der Waals surface area contributed by atoms with Crippen molar-refractivity contribution in [3.05, 3.63) is 24.2 Å². The van der Waals surface area contributed by atoms with Gasteiger partial charge in [-0.2, -0.15) is 0 Å². The van der Waals surface area contributed by atoms with E-state index in [1.165, 1.54) is 44.8 Å². The molecule has 4 saturated carbocycles. The molecule has 4 fully saturated rings. The molecule has 4 aliphatic rings. The Hall–Kier alpha value is -1.78. The Labute approximate surface area is 155 Å². The lowest BCUT2D eigenvalue weighted by molar-refractivity contribution is -0.126. The quantitative estimate of drug-likeness (QED) is 0.783. The van der Waals surface area contributed by atoms with Crippen LogP contribution in [-0.2, 0) is 4.79 Å². The highest BCUT2D eigenvalue weighted by Gasteiger charge is 2.53. The van der Waals surface area contributed by atoms with Gasteiger partial charge in [0.05, 0.1) is 6.26 Å². The first-order valence-corrected chi connectivity index (χ1v) is 10.2. The molecule has 5 rings (SSSR count). The van der Waals surface area contributed by atoms with Crippen LogP contribution in [0.15, 0.2) is 22.8 Å². The fourth-order valence-corrected chi connectivity index (χ4v) is 6.34.